The molecule has 0 saturated carbocycles. The van der Waals surface area contributed by atoms with E-state index < -0.39 is 0 Å². The van der Waals surface area contributed by atoms with Gasteiger partial charge in [0.1, 0.15) is 5.82 Å². The van der Waals surface area contributed by atoms with Gasteiger partial charge < -0.3 is 15.0 Å². The number of methoxy groups -OCH3 is 1. The van der Waals surface area contributed by atoms with Gasteiger partial charge in [0.2, 0.25) is 0 Å². The third-order valence-corrected chi connectivity index (χ3v) is 4.05. The number of hydrogen-bond acceptors (Lipinski definition) is 5. The number of nitrogens with one attached hydrogen (secondary N) is 1. The minimum absolute atomic E-state index is 0.338. The standard InChI is InChI=1S/C15H23N3O2/c1-10-9-12(7-8-18(10)3)17-14-6-5-13(11(2)16-14)15(19)20-4/h5-6,10,12H,7-9H2,1-4H3,(H,16,17). The summed E-state index contributed by atoms with van der Waals surface area (Å²) < 4.78 is 4.73. The molecule has 2 atom stereocenters. The van der Waals surface area contributed by atoms with Crippen molar-refractivity contribution < 1.29 is 9.53 Å². The highest BCUT2D eigenvalue weighted by Crippen LogP contribution is 2.20. The number of rotatable bonds is 3. The maximum atomic E-state index is 11.5. The number of carbonyl (C=O) groups excluding carboxylic acids is 1. The second kappa shape index (κ2) is 6.22. The van der Waals surface area contributed by atoms with Gasteiger partial charge in [0.15, 0.2) is 0 Å². The number of hydrogen-bond donors (Lipinski definition) is 1. The van der Waals surface area contributed by atoms with E-state index in [2.05, 4.69) is 29.2 Å². The van der Waals surface area contributed by atoms with Crippen LogP contribution >= 0.6 is 0 Å². The zero-order valence-electron chi connectivity index (χ0n) is 12.6. The maximum absolute atomic E-state index is 11.5. The second-order valence-corrected chi connectivity index (χ2v) is 5.52. The highest BCUT2D eigenvalue weighted by atomic mass is 16.5. The minimum Gasteiger partial charge on any atom is -0.465 e. The third kappa shape index (κ3) is 3.28. The van der Waals surface area contributed by atoms with Crippen molar-refractivity contribution in [2.75, 3.05) is 26.0 Å². The predicted octanol–water partition coefficient (Wildman–Crippen LogP) is 2.07. The lowest BCUT2D eigenvalue weighted by molar-refractivity contribution is 0.0599. The van der Waals surface area contributed by atoms with E-state index in [4.69, 9.17) is 4.74 Å². The van der Waals surface area contributed by atoms with Gasteiger partial charge in [0.05, 0.1) is 18.4 Å². The van der Waals surface area contributed by atoms with Crippen molar-refractivity contribution in [2.45, 2.75) is 38.8 Å². The summed E-state index contributed by atoms with van der Waals surface area (Å²) >= 11 is 0. The largest absolute Gasteiger partial charge is 0.465 e. The molecule has 1 aliphatic rings. The zero-order valence-corrected chi connectivity index (χ0v) is 12.6. The monoisotopic (exact) mass is 277 g/mol. The molecule has 1 N–H and O–H groups in total. The van der Waals surface area contributed by atoms with Crippen LogP contribution in [-0.2, 0) is 4.74 Å². The van der Waals surface area contributed by atoms with Crippen LogP contribution in [0.4, 0.5) is 5.82 Å². The fraction of sp³-hybridized carbons (Fsp3) is 0.600. The Hall–Kier alpha value is -1.62. The number of likely N-dealkylation sites (tertiary alicyclic amines) is 1. The first-order valence-electron chi connectivity index (χ1n) is 7.04. The number of carbonyl (C=O) groups is 1. The van der Waals surface area contributed by atoms with Crippen molar-refractivity contribution in [1.29, 1.82) is 0 Å². The molecular weight excluding hydrogens is 254 g/mol. The first-order valence-corrected chi connectivity index (χ1v) is 7.04. The highest BCUT2D eigenvalue weighted by molar-refractivity contribution is 5.90. The lowest BCUT2D eigenvalue weighted by Gasteiger charge is -2.35. The molecule has 1 saturated heterocycles. The Morgan fingerprint density at radius 2 is 2.25 bits per heavy atom. The quantitative estimate of drug-likeness (QED) is 0.857. The van der Waals surface area contributed by atoms with Crippen LogP contribution in [0.1, 0.15) is 35.8 Å². The van der Waals surface area contributed by atoms with Crippen LogP contribution < -0.4 is 5.32 Å². The molecule has 0 aliphatic carbocycles. The second-order valence-electron chi connectivity index (χ2n) is 5.52. The van der Waals surface area contributed by atoms with Gasteiger partial charge in [-0.05, 0) is 45.9 Å². The van der Waals surface area contributed by atoms with Crippen LogP contribution in [0.15, 0.2) is 12.1 Å². The van der Waals surface area contributed by atoms with E-state index in [1.165, 1.54) is 7.11 Å². The number of piperidine rings is 1. The number of pyridine rings is 1. The summed E-state index contributed by atoms with van der Waals surface area (Å²) in [5.74, 6) is 0.492. The van der Waals surface area contributed by atoms with Crippen molar-refractivity contribution in [3.05, 3.63) is 23.4 Å². The summed E-state index contributed by atoms with van der Waals surface area (Å²) in [6.07, 6.45) is 2.22. The molecule has 0 bridgehead atoms. The van der Waals surface area contributed by atoms with Gasteiger partial charge in [-0.3, -0.25) is 0 Å². The Morgan fingerprint density at radius 1 is 1.50 bits per heavy atom. The summed E-state index contributed by atoms with van der Waals surface area (Å²) in [7, 11) is 3.54. The van der Waals surface area contributed by atoms with Crippen molar-refractivity contribution in [1.82, 2.24) is 9.88 Å². The van der Waals surface area contributed by atoms with Gasteiger partial charge in [-0.25, -0.2) is 9.78 Å². The Bertz CT molecular complexity index is 490. The maximum Gasteiger partial charge on any atom is 0.339 e. The van der Waals surface area contributed by atoms with Crippen molar-refractivity contribution in [3.63, 3.8) is 0 Å². The molecule has 5 nitrogen and oxygen atoms in total. The molecule has 1 aromatic heterocycles. The van der Waals surface area contributed by atoms with Crippen molar-refractivity contribution in [2.24, 2.45) is 0 Å². The van der Waals surface area contributed by atoms with E-state index in [1.54, 1.807) is 6.07 Å². The molecule has 0 aromatic carbocycles. The third-order valence-electron chi connectivity index (χ3n) is 4.05. The van der Waals surface area contributed by atoms with Crippen LogP contribution in [-0.4, -0.2) is 48.6 Å². The molecule has 0 amide bonds. The number of aryl methyl sites for hydroxylation is 1. The molecule has 0 radical (unpaired) electrons. The lowest BCUT2D eigenvalue weighted by atomic mass is 9.99. The average Bonchev–Trinajstić information content (AvgIpc) is 2.42. The van der Waals surface area contributed by atoms with Gasteiger partial charge in [-0.15, -0.1) is 0 Å². The number of esters is 1. The van der Waals surface area contributed by atoms with Gasteiger partial charge in [-0.2, -0.15) is 0 Å². The van der Waals surface area contributed by atoms with Crippen LogP contribution in [0.3, 0.4) is 0 Å². The molecule has 1 aliphatic heterocycles. The smallest absolute Gasteiger partial charge is 0.339 e. The van der Waals surface area contributed by atoms with Crippen LogP contribution in [0.25, 0.3) is 0 Å². The van der Waals surface area contributed by atoms with Crippen molar-refractivity contribution in [3.8, 4) is 0 Å². The minimum atomic E-state index is -0.338. The Labute approximate surface area is 120 Å². The van der Waals surface area contributed by atoms with Crippen LogP contribution in [0, 0.1) is 6.92 Å². The summed E-state index contributed by atoms with van der Waals surface area (Å²) in [5, 5.41) is 3.47. The predicted molar refractivity (Wildman–Crippen MR) is 79.1 cm³/mol. The molecule has 0 spiro atoms. The van der Waals surface area contributed by atoms with E-state index in [-0.39, 0.29) is 5.97 Å². The topological polar surface area (TPSA) is 54.5 Å². The van der Waals surface area contributed by atoms with Crippen molar-refractivity contribution >= 4 is 11.8 Å². The normalized spacial score (nSPS) is 23.4. The van der Waals surface area contributed by atoms with E-state index in [0.717, 1.165) is 25.2 Å². The summed E-state index contributed by atoms with van der Waals surface area (Å²) in [4.78, 5) is 18.4. The van der Waals surface area contributed by atoms with Gasteiger partial charge in [0, 0.05) is 18.6 Å². The van der Waals surface area contributed by atoms with Crippen LogP contribution in [0.2, 0.25) is 0 Å². The fourth-order valence-electron chi connectivity index (χ4n) is 2.60. The lowest BCUT2D eigenvalue weighted by Crippen LogP contribution is -2.42. The highest BCUT2D eigenvalue weighted by Gasteiger charge is 2.23. The average molecular weight is 277 g/mol. The molecular formula is C15H23N3O2. The molecule has 110 valence electrons. The summed E-state index contributed by atoms with van der Waals surface area (Å²) in [6.45, 7) is 5.17. The molecule has 2 unspecified atom stereocenters. The Balaban J connectivity index is 2.04. The Kier molecular flexibility index (Phi) is 4.60. The first kappa shape index (κ1) is 14.8. The van der Waals surface area contributed by atoms with Gasteiger partial charge in [0.25, 0.3) is 0 Å². The molecule has 5 heteroatoms. The molecule has 2 rings (SSSR count). The summed E-state index contributed by atoms with van der Waals surface area (Å²) in [6, 6.07) is 4.64. The number of anilines is 1. The zero-order chi connectivity index (χ0) is 14.7. The molecule has 1 aromatic rings. The van der Waals surface area contributed by atoms with E-state index in [1.807, 2.05) is 13.0 Å². The number of ether oxygens (including phenoxy) is 1. The SMILES string of the molecule is COC(=O)c1ccc(NC2CCN(C)C(C)C2)nc1C. The van der Waals surface area contributed by atoms with Gasteiger partial charge >= 0.3 is 5.97 Å². The molecule has 2 heterocycles. The number of nitrogens with zero attached hydrogens (tertiary/aromatic N) is 2. The van der Waals surface area contributed by atoms with E-state index in [9.17, 15) is 4.79 Å². The fourth-order valence-corrected chi connectivity index (χ4v) is 2.60. The molecule has 20 heavy (non-hydrogen) atoms. The van der Waals surface area contributed by atoms with E-state index in [0.29, 0.717) is 23.3 Å². The summed E-state index contributed by atoms with van der Waals surface area (Å²) in [5.41, 5.74) is 1.22. The molecule has 1 fully saturated rings. The van der Waals surface area contributed by atoms with Gasteiger partial charge in [-0.1, -0.05) is 0 Å². The van der Waals surface area contributed by atoms with Crippen LogP contribution in [0.5, 0.6) is 0 Å². The van der Waals surface area contributed by atoms with E-state index >= 15 is 0 Å². The Morgan fingerprint density at radius 3 is 2.85 bits per heavy atom. The first-order chi connectivity index (χ1) is 9.51. The number of aromatic nitrogens is 1.